The van der Waals surface area contributed by atoms with Gasteiger partial charge in [0.05, 0.1) is 4.91 Å². The Labute approximate surface area is 165 Å². The molecule has 3 nitrogen and oxygen atoms in total. The van der Waals surface area contributed by atoms with E-state index >= 15 is 0 Å². The Hall–Kier alpha value is -1.16. The first kappa shape index (κ1) is 17.9. The predicted molar refractivity (Wildman–Crippen MR) is 106 cm³/mol. The highest BCUT2D eigenvalue weighted by Gasteiger charge is 2.68. The maximum atomic E-state index is 13.0. The molecule has 5 aliphatic carbocycles. The van der Waals surface area contributed by atoms with Crippen LogP contribution >= 0.6 is 11.8 Å². The lowest BCUT2D eigenvalue weighted by molar-refractivity contribution is -0.132. The van der Waals surface area contributed by atoms with Crippen molar-refractivity contribution in [2.75, 3.05) is 0 Å². The number of carbonyl (C=O) groups excluding carboxylic acids is 3. The van der Waals surface area contributed by atoms with Crippen molar-refractivity contribution in [3.05, 3.63) is 22.6 Å². The van der Waals surface area contributed by atoms with Crippen LogP contribution in [-0.4, -0.2) is 16.7 Å². The van der Waals surface area contributed by atoms with Gasteiger partial charge in [-0.2, -0.15) is 0 Å². The molecule has 0 amide bonds. The first-order valence-electron chi connectivity index (χ1n) is 10.4. The first-order valence-corrected chi connectivity index (χ1v) is 11.2. The summed E-state index contributed by atoms with van der Waals surface area (Å²) < 4.78 is 0. The Balaban J connectivity index is 1.63. The molecular weight excluding hydrogens is 356 g/mol. The van der Waals surface area contributed by atoms with E-state index in [-0.39, 0.29) is 27.6 Å². The fraction of sp³-hybridized carbons (Fsp3) is 0.696. The second-order valence-electron chi connectivity index (χ2n) is 10.00. The van der Waals surface area contributed by atoms with Crippen molar-refractivity contribution in [1.82, 2.24) is 0 Å². The van der Waals surface area contributed by atoms with Gasteiger partial charge in [-0.05, 0) is 78.7 Å². The molecule has 0 heterocycles. The normalized spacial score (nSPS) is 48.0. The van der Waals surface area contributed by atoms with Crippen LogP contribution in [0, 0.1) is 40.4 Å². The van der Waals surface area contributed by atoms with Gasteiger partial charge in [-0.1, -0.05) is 20.4 Å². The summed E-state index contributed by atoms with van der Waals surface area (Å²) in [4.78, 5) is 38.2. The molecule has 1 unspecified atom stereocenters. The Morgan fingerprint density at radius 1 is 1.15 bits per heavy atom. The molecule has 0 bridgehead atoms. The minimum absolute atomic E-state index is 0.0140. The van der Waals surface area contributed by atoms with Crippen LogP contribution < -0.4 is 0 Å². The summed E-state index contributed by atoms with van der Waals surface area (Å²) in [6.45, 7) is 10.5. The lowest BCUT2D eigenvalue weighted by Gasteiger charge is -2.58. The van der Waals surface area contributed by atoms with Crippen molar-refractivity contribution in [2.24, 2.45) is 40.4 Å². The SMILES string of the molecule is C=C1C[C@H]2[C@@H]3CCC(=O)[C@@]3(C)CC[C@@H]2[C@]2(C)C1=C(SC(C)=O)C(=O)[C@H]1CC12. The lowest BCUT2D eigenvalue weighted by Crippen LogP contribution is -2.52. The molecule has 0 saturated heterocycles. The number of thioether (sulfide) groups is 1. The summed E-state index contributed by atoms with van der Waals surface area (Å²) >= 11 is 1.14. The third kappa shape index (κ3) is 2.14. The van der Waals surface area contributed by atoms with Crippen molar-refractivity contribution in [2.45, 2.75) is 59.3 Å². The number of hydrogen-bond acceptors (Lipinski definition) is 4. The molecule has 0 N–H and O–H groups in total. The van der Waals surface area contributed by atoms with Crippen LogP contribution in [0.15, 0.2) is 22.6 Å². The lowest BCUT2D eigenvalue weighted by atomic mass is 9.46. The Morgan fingerprint density at radius 2 is 1.89 bits per heavy atom. The van der Waals surface area contributed by atoms with E-state index in [1.54, 1.807) is 6.92 Å². The zero-order valence-corrected chi connectivity index (χ0v) is 17.3. The molecule has 0 spiro atoms. The molecule has 0 aromatic heterocycles. The number of ketones is 2. The van der Waals surface area contributed by atoms with E-state index < -0.39 is 0 Å². The van der Waals surface area contributed by atoms with Gasteiger partial charge in [-0.15, -0.1) is 0 Å². The van der Waals surface area contributed by atoms with E-state index in [4.69, 9.17) is 0 Å². The van der Waals surface area contributed by atoms with E-state index in [0.29, 0.717) is 34.4 Å². The Kier molecular flexibility index (Phi) is 3.62. The molecular formula is C23H28O3S. The highest BCUT2D eigenvalue weighted by atomic mass is 32.2. The van der Waals surface area contributed by atoms with E-state index in [1.807, 2.05) is 0 Å². The molecule has 0 aromatic rings. The van der Waals surface area contributed by atoms with Gasteiger partial charge in [-0.3, -0.25) is 14.4 Å². The molecule has 5 rings (SSSR count). The number of allylic oxidation sites excluding steroid dienone is 2. The van der Waals surface area contributed by atoms with E-state index in [0.717, 1.165) is 61.4 Å². The van der Waals surface area contributed by atoms with Gasteiger partial charge in [0.25, 0.3) is 0 Å². The van der Waals surface area contributed by atoms with E-state index in [1.165, 1.54) is 0 Å². The zero-order valence-electron chi connectivity index (χ0n) is 16.5. The van der Waals surface area contributed by atoms with Crippen molar-refractivity contribution in [1.29, 1.82) is 0 Å². The summed E-state index contributed by atoms with van der Waals surface area (Å²) in [6.07, 6.45) is 5.63. The van der Waals surface area contributed by atoms with Crippen LogP contribution in [0.25, 0.3) is 0 Å². The molecule has 144 valence electrons. The van der Waals surface area contributed by atoms with E-state index in [9.17, 15) is 14.4 Å². The second-order valence-corrected chi connectivity index (χ2v) is 11.2. The van der Waals surface area contributed by atoms with Gasteiger partial charge in [0.2, 0.25) is 0 Å². The maximum absolute atomic E-state index is 13.0. The zero-order chi connectivity index (χ0) is 19.3. The molecule has 7 atom stereocenters. The van der Waals surface area contributed by atoms with Crippen LogP contribution in [0.1, 0.15) is 59.3 Å². The van der Waals surface area contributed by atoms with Gasteiger partial charge in [0.15, 0.2) is 10.9 Å². The smallest absolute Gasteiger partial charge is 0.190 e. The highest BCUT2D eigenvalue weighted by Crippen LogP contribution is 2.72. The van der Waals surface area contributed by atoms with Crippen LogP contribution in [0.5, 0.6) is 0 Å². The maximum Gasteiger partial charge on any atom is 0.190 e. The van der Waals surface area contributed by atoms with Gasteiger partial charge >= 0.3 is 0 Å². The fourth-order valence-corrected chi connectivity index (χ4v) is 8.60. The minimum Gasteiger partial charge on any atom is -0.299 e. The number of fused-ring (bicyclic) bond motifs is 7. The average Bonchev–Trinajstić information content (AvgIpc) is 3.34. The average molecular weight is 385 g/mol. The first-order chi connectivity index (χ1) is 12.7. The molecule has 5 aliphatic rings. The number of Topliss-reactive ketones (excluding diaryl/α,β-unsaturated/α-hetero) is 2. The van der Waals surface area contributed by atoms with Gasteiger partial charge < -0.3 is 0 Å². The third-order valence-electron chi connectivity index (χ3n) is 8.88. The topological polar surface area (TPSA) is 51.2 Å². The monoisotopic (exact) mass is 384 g/mol. The summed E-state index contributed by atoms with van der Waals surface area (Å²) in [7, 11) is 0. The van der Waals surface area contributed by atoms with Gasteiger partial charge in [0, 0.05) is 30.1 Å². The van der Waals surface area contributed by atoms with Crippen LogP contribution in [0.3, 0.4) is 0 Å². The number of hydrogen-bond donors (Lipinski definition) is 0. The summed E-state index contributed by atoms with van der Waals surface area (Å²) in [5.74, 6) is 2.61. The molecule has 4 fully saturated rings. The van der Waals surface area contributed by atoms with Crippen molar-refractivity contribution in [3.8, 4) is 0 Å². The molecule has 27 heavy (non-hydrogen) atoms. The molecule has 0 radical (unpaired) electrons. The molecule has 4 saturated carbocycles. The fourth-order valence-electron chi connectivity index (χ4n) is 7.59. The Bertz CT molecular complexity index is 839. The van der Waals surface area contributed by atoms with Crippen molar-refractivity contribution >= 4 is 28.4 Å². The number of carbonyl (C=O) groups is 3. The van der Waals surface area contributed by atoms with Gasteiger partial charge in [0.1, 0.15) is 5.78 Å². The van der Waals surface area contributed by atoms with Crippen LogP contribution in [0.4, 0.5) is 0 Å². The summed E-state index contributed by atoms with van der Waals surface area (Å²) in [5.41, 5.74) is 1.97. The third-order valence-corrected chi connectivity index (χ3v) is 9.78. The highest BCUT2D eigenvalue weighted by molar-refractivity contribution is 8.17. The van der Waals surface area contributed by atoms with E-state index in [2.05, 4.69) is 20.4 Å². The molecule has 4 heteroatoms. The number of rotatable bonds is 1. The molecule has 0 aromatic carbocycles. The van der Waals surface area contributed by atoms with Crippen LogP contribution in [-0.2, 0) is 14.4 Å². The standard InChI is InChI=1S/C23H28O3S/c1-11-9-13-15-5-6-18(25)22(15,3)8-7-16(13)23(4)17-10-14(17)20(26)21(19(11)23)27-12(2)24/h13-17H,1,5-10H2,2-4H3/t13-,14-,15-,16-,17?,22-,23-/m0/s1. The summed E-state index contributed by atoms with van der Waals surface area (Å²) in [5, 5.41) is -0.0140. The van der Waals surface area contributed by atoms with Crippen molar-refractivity contribution in [3.63, 3.8) is 0 Å². The minimum atomic E-state index is -0.149. The molecule has 0 aliphatic heterocycles. The van der Waals surface area contributed by atoms with Crippen molar-refractivity contribution < 1.29 is 14.4 Å². The summed E-state index contributed by atoms with van der Waals surface area (Å²) in [6, 6.07) is 0. The van der Waals surface area contributed by atoms with Gasteiger partial charge in [-0.25, -0.2) is 0 Å². The van der Waals surface area contributed by atoms with Crippen LogP contribution in [0.2, 0.25) is 0 Å². The Morgan fingerprint density at radius 3 is 2.59 bits per heavy atom. The second kappa shape index (κ2) is 5.46. The predicted octanol–water partition coefficient (Wildman–Crippen LogP) is 4.72. The largest absolute Gasteiger partial charge is 0.299 e. The quantitative estimate of drug-likeness (QED) is 0.656.